The van der Waals surface area contributed by atoms with Crippen LogP contribution in [0.2, 0.25) is 0 Å². The van der Waals surface area contributed by atoms with Crippen LogP contribution < -0.4 is 0 Å². The van der Waals surface area contributed by atoms with Gasteiger partial charge in [-0.05, 0) is 34.1 Å². The van der Waals surface area contributed by atoms with Crippen molar-refractivity contribution >= 4 is 0 Å². The Hall–Kier alpha value is -1.70. The van der Waals surface area contributed by atoms with Crippen LogP contribution in [0.4, 0.5) is 0 Å². The lowest BCUT2D eigenvalue weighted by atomic mass is 9.85. The summed E-state index contributed by atoms with van der Waals surface area (Å²) in [5, 5.41) is 0. The topological polar surface area (TPSA) is 25.8 Å². The second kappa shape index (κ2) is 5.01. The first-order valence-corrected chi connectivity index (χ1v) is 7.09. The molecule has 0 saturated carbocycles. The predicted molar refractivity (Wildman–Crippen MR) is 84.9 cm³/mol. The van der Waals surface area contributed by atoms with Crippen LogP contribution in [-0.4, -0.2) is 9.97 Å². The maximum atomic E-state index is 4.39. The third-order valence-corrected chi connectivity index (χ3v) is 3.54. The van der Waals surface area contributed by atoms with E-state index in [1.165, 1.54) is 11.1 Å². The Labute approximate surface area is 122 Å². The number of nitrogens with zero attached hydrogens (tertiary/aromatic N) is 2. The fraction of sp³-hybridized carbons (Fsp3) is 0.444. The monoisotopic (exact) mass is 268 g/mol. The second-order valence-electron chi connectivity index (χ2n) is 7.42. The Morgan fingerprint density at radius 2 is 0.950 bits per heavy atom. The molecule has 0 fully saturated rings. The molecule has 0 bridgehead atoms. The zero-order valence-corrected chi connectivity index (χ0v) is 13.4. The smallest absolute Gasteiger partial charge is 0.0347 e. The van der Waals surface area contributed by atoms with Gasteiger partial charge in [0.15, 0.2) is 0 Å². The highest BCUT2D eigenvalue weighted by molar-refractivity contribution is 5.63. The summed E-state index contributed by atoms with van der Waals surface area (Å²) in [5.74, 6) is 0. The first-order chi connectivity index (χ1) is 9.18. The van der Waals surface area contributed by atoms with E-state index in [1.54, 1.807) is 0 Å². The van der Waals surface area contributed by atoms with Crippen molar-refractivity contribution in [2.45, 2.75) is 52.4 Å². The van der Waals surface area contributed by atoms with Gasteiger partial charge in [0.1, 0.15) is 0 Å². The van der Waals surface area contributed by atoms with E-state index in [-0.39, 0.29) is 10.8 Å². The Kier molecular flexibility index (Phi) is 3.68. The quantitative estimate of drug-likeness (QED) is 0.746. The minimum absolute atomic E-state index is 0.109. The van der Waals surface area contributed by atoms with Gasteiger partial charge in [-0.2, -0.15) is 0 Å². The molecule has 0 spiro atoms. The lowest BCUT2D eigenvalue weighted by Crippen LogP contribution is -2.12. The third-order valence-electron chi connectivity index (χ3n) is 3.54. The van der Waals surface area contributed by atoms with Gasteiger partial charge in [0.2, 0.25) is 0 Å². The molecule has 0 saturated heterocycles. The first kappa shape index (κ1) is 14.7. The van der Waals surface area contributed by atoms with Crippen molar-refractivity contribution in [3.05, 3.63) is 48.0 Å². The molecular weight excluding hydrogens is 244 g/mol. The highest BCUT2D eigenvalue weighted by atomic mass is 14.6. The number of rotatable bonds is 1. The molecule has 2 nitrogen and oxygen atoms in total. The van der Waals surface area contributed by atoms with Crippen molar-refractivity contribution < 1.29 is 0 Å². The predicted octanol–water partition coefficient (Wildman–Crippen LogP) is 4.74. The molecule has 0 radical (unpaired) electrons. The van der Waals surface area contributed by atoms with Crippen molar-refractivity contribution in [3.63, 3.8) is 0 Å². The van der Waals surface area contributed by atoms with E-state index >= 15 is 0 Å². The molecule has 20 heavy (non-hydrogen) atoms. The van der Waals surface area contributed by atoms with E-state index in [0.717, 1.165) is 11.1 Å². The highest BCUT2D eigenvalue weighted by Crippen LogP contribution is 2.29. The average Bonchev–Trinajstić information content (AvgIpc) is 2.37. The van der Waals surface area contributed by atoms with Gasteiger partial charge in [0.05, 0.1) is 0 Å². The lowest BCUT2D eigenvalue weighted by Gasteiger charge is -2.21. The lowest BCUT2D eigenvalue weighted by molar-refractivity contribution is 0.586. The largest absolute Gasteiger partial charge is 0.264 e. The van der Waals surface area contributed by atoms with Crippen LogP contribution in [0.3, 0.4) is 0 Å². The first-order valence-electron chi connectivity index (χ1n) is 7.09. The van der Waals surface area contributed by atoms with Gasteiger partial charge in [-0.25, -0.2) is 0 Å². The Balaban J connectivity index is 2.47. The van der Waals surface area contributed by atoms with Gasteiger partial charge in [0.25, 0.3) is 0 Å². The van der Waals surface area contributed by atoms with Crippen molar-refractivity contribution in [3.8, 4) is 11.1 Å². The van der Waals surface area contributed by atoms with Gasteiger partial charge in [-0.1, -0.05) is 41.5 Å². The van der Waals surface area contributed by atoms with Crippen LogP contribution >= 0.6 is 0 Å². The highest BCUT2D eigenvalue weighted by Gasteiger charge is 2.17. The molecule has 0 aliphatic rings. The molecule has 0 N–H and O–H groups in total. The van der Waals surface area contributed by atoms with Gasteiger partial charge >= 0.3 is 0 Å². The van der Waals surface area contributed by atoms with E-state index < -0.39 is 0 Å². The van der Waals surface area contributed by atoms with Gasteiger partial charge in [0, 0.05) is 35.9 Å². The van der Waals surface area contributed by atoms with Gasteiger partial charge in [-0.3, -0.25) is 9.97 Å². The normalized spacial score (nSPS) is 12.5. The fourth-order valence-electron chi connectivity index (χ4n) is 2.02. The number of aromatic nitrogens is 2. The van der Waals surface area contributed by atoms with E-state index in [4.69, 9.17) is 0 Å². The molecule has 0 atom stereocenters. The Bertz CT molecular complexity index is 546. The van der Waals surface area contributed by atoms with Crippen LogP contribution in [0.5, 0.6) is 0 Å². The summed E-state index contributed by atoms with van der Waals surface area (Å²) in [7, 11) is 0. The zero-order valence-electron chi connectivity index (χ0n) is 13.4. The summed E-state index contributed by atoms with van der Waals surface area (Å²) < 4.78 is 0. The SMILES string of the molecule is CC(C)(C)c1cncc(-c2cncc(C(C)(C)C)c2)c1. The zero-order chi connectivity index (χ0) is 15.0. The Morgan fingerprint density at radius 3 is 1.25 bits per heavy atom. The average molecular weight is 268 g/mol. The molecule has 0 aliphatic carbocycles. The molecule has 2 aromatic heterocycles. The van der Waals surface area contributed by atoms with Crippen LogP contribution in [0, 0.1) is 0 Å². The summed E-state index contributed by atoms with van der Waals surface area (Å²) in [5.41, 5.74) is 4.98. The van der Waals surface area contributed by atoms with Crippen LogP contribution in [0.25, 0.3) is 11.1 Å². The molecule has 0 aromatic carbocycles. The molecule has 0 unspecified atom stereocenters. The van der Waals surface area contributed by atoms with Gasteiger partial charge < -0.3 is 0 Å². The van der Waals surface area contributed by atoms with Crippen molar-refractivity contribution in [2.24, 2.45) is 0 Å². The van der Waals surface area contributed by atoms with E-state index in [1.807, 2.05) is 24.8 Å². The molecule has 0 aliphatic heterocycles. The summed E-state index contributed by atoms with van der Waals surface area (Å²) in [6, 6.07) is 4.44. The van der Waals surface area contributed by atoms with E-state index in [2.05, 4.69) is 63.6 Å². The third kappa shape index (κ3) is 3.24. The van der Waals surface area contributed by atoms with Gasteiger partial charge in [-0.15, -0.1) is 0 Å². The van der Waals surface area contributed by atoms with Crippen LogP contribution in [-0.2, 0) is 10.8 Å². The van der Waals surface area contributed by atoms with Crippen molar-refractivity contribution in [2.75, 3.05) is 0 Å². The summed E-state index contributed by atoms with van der Waals surface area (Å²) >= 11 is 0. The fourth-order valence-corrected chi connectivity index (χ4v) is 2.02. The molecule has 2 heterocycles. The number of hydrogen-bond acceptors (Lipinski definition) is 2. The van der Waals surface area contributed by atoms with Crippen LogP contribution in [0.15, 0.2) is 36.9 Å². The molecule has 0 amide bonds. The molecule has 2 rings (SSSR count). The second-order valence-corrected chi connectivity index (χ2v) is 7.42. The molecular formula is C18H24N2. The van der Waals surface area contributed by atoms with Crippen molar-refractivity contribution in [1.82, 2.24) is 9.97 Å². The minimum Gasteiger partial charge on any atom is -0.264 e. The maximum Gasteiger partial charge on any atom is 0.0347 e. The minimum atomic E-state index is 0.109. The Morgan fingerprint density at radius 1 is 0.600 bits per heavy atom. The van der Waals surface area contributed by atoms with E-state index in [9.17, 15) is 0 Å². The summed E-state index contributed by atoms with van der Waals surface area (Å²) in [6.45, 7) is 13.2. The maximum absolute atomic E-state index is 4.39. The molecule has 106 valence electrons. The standard InChI is InChI=1S/C18H24N2/c1-17(2,3)15-7-13(9-19-11-15)14-8-16(12-20-10-14)18(4,5)6/h7-12H,1-6H3. The summed E-state index contributed by atoms with van der Waals surface area (Å²) in [4.78, 5) is 8.78. The van der Waals surface area contributed by atoms with Crippen LogP contribution in [0.1, 0.15) is 52.7 Å². The summed E-state index contributed by atoms with van der Waals surface area (Å²) in [6.07, 6.45) is 7.73. The molecule has 2 heteroatoms. The number of hydrogen-bond donors (Lipinski definition) is 0. The van der Waals surface area contributed by atoms with E-state index in [0.29, 0.717) is 0 Å². The number of pyridine rings is 2. The van der Waals surface area contributed by atoms with Crippen molar-refractivity contribution in [1.29, 1.82) is 0 Å². The molecule has 2 aromatic rings.